The number of benzene rings is 1. The summed E-state index contributed by atoms with van der Waals surface area (Å²) >= 11 is 1.63. The molecule has 2 N–H and O–H groups in total. The van der Waals surface area contributed by atoms with Gasteiger partial charge in [-0.1, -0.05) is 5.92 Å². The molecule has 1 heterocycles. The van der Waals surface area contributed by atoms with Gasteiger partial charge in [0.2, 0.25) is 0 Å². The van der Waals surface area contributed by atoms with Gasteiger partial charge in [-0.25, -0.2) is 0 Å². The van der Waals surface area contributed by atoms with Gasteiger partial charge < -0.3 is 10.1 Å². The lowest BCUT2D eigenvalue weighted by molar-refractivity contribution is 0.415. The van der Waals surface area contributed by atoms with Crippen LogP contribution in [-0.2, 0) is 6.54 Å². The van der Waals surface area contributed by atoms with E-state index in [1.54, 1.807) is 19.1 Å². The Morgan fingerprint density at radius 2 is 2.53 bits per heavy atom. The second-order valence-electron chi connectivity index (χ2n) is 3.14. The maximum atomic E-state index is 5.30. The zero-order chi connectivity index (χ0) is 10.7. The maximum absolute atomic E-state index is 5.30. The monoisotopic (exact) mass is 220 g/mol. The van der Waals surface area contributed by atoms with E-state index < -0.39 is 0 Å². The molecule has 0 spiro atoms. The van der Waals surface area contributed by atoms with Crippen LogP contribution < -0.4 is 14.8 Å². The standard InChI is InChI=1S/C11H12N2OS/c1-3-4-12-9-5-8-7-13-15-11(8)6-10(9)14-2/h1,5-6,12-13H,4,7H2,2H3. The summed E-state index contributed by atoms with van der Waals surface area (Å²) in [4.78, 5) is 1.22. The van der Waals surface area contributed by atoms with Gasteiger partial charge in [-0.2, -0.15) is 0 Å². The molecule has 0 amide bonds. The summed E-state index contributed by atoms with van der Waals surface area (Å²) in [6.07, 6.45) is 5.21. The minimum atomic E-state index is 0.510. The number of fused-ring (bicyclic) bond motifs is 1. The summed E-state index contributed by atoms with van der Waals surface area (Å²) in [6, 6.07) is 4.11. The lowest BCUT2D eigenvalue weighted by atomic mass is 10.2. The van der Waals surface area contributed by atoms with Crippen LogP contribution in [0.3, 0.4) is 0 Å². The predicted molar refractivity (Wildman–Crippen MR) is 63.0 cm³/mol. The van der Waals surface area contributed by atoms with Crippen molar-refractivity contribution in [3.8, 4) is 18.1 Å². The third-order valence-corrected chi connectivity index (χ3v) is 3.10. The number of hydrogen-bond acceptors (Lipinski definition) is 4. The lowest BCUT2D eigenvalue weighted by Gasteiger charge is -2.11. The molecule has 0 aliphatic carbocycles. The zero-order valence-corrected chi connectivity index (χ0v) is 9.28. The second-order valence-corrected chi connectivity index (χ2v) is 4.07. The highest BCUT2D eigenvalue weighted by atomic mass is 32.2. The third kappa shape index (κ3) is 2.04. The average molecular weight is 220 g/mol. The Labute approximate surface area is 93.7 Å². The topological polar surface area (TPSA) is 33.3 Å². The molecule has 0 saturated heterocycles. The van der Waals surface area contributed by atoms with E-state index in [0.29, 0.717) is 6.54 Å². The summed E-state index contributed by atoms with van der Waals surface area (Å²) in [5.41, 5.74) is 2.24. The molecular weight excluding hydrogens is 208 g/mol. The van der Waals surface area contributed by atoms with Gasteiger partial charge in [0.15, 0.2) is 0 Å². The number of nitrogens with one attached hydrogen (secondary N) is 2. The number of anilines is 1. The Morgan fingerprint density at radius 1 is 1.67 bits per heavy atom. The maximum Gasteiger partial charge on any atom is 0.143 e. The van der Waals surface area contributed by atoms with E-state index in [1.165, 1.54) is 10.5 Å². The van der Waals surface area contributed by atoms with Crippen molar-refractivity contribution in [2.24, 2.45) is 0 Å². The van der Waals surface area contributed by atoms with Crippen molar-refractivity contribution in [3.63, 3.8) is 0 Å². The Hall–Kier alpha value is -1.31. The minimum absolute atomic E-state index is 0.510. The van der Waals surface area contributed by atoms with Crippen molar-refractivity contribution in [3.05, 3.63) is 17.7 Å². The molecule has 1 aromatic carbocycles. The molecule has 3 nitrogen and oxygen atoms in total. The van der Waals surface area contributed by atoms with Crippen LogP contribution >= 0.6 is 11.9 Å². The lowest BCUT2D eigenvalue weighted by Crippen LogP contribution is -2.02. The van der Waals surface area contributed by atoms with Crippen molar-refractivity contribution >= 4 is 17.6 Å². The molecule has 0 bridgehead atoms. The smallest absolute Gasteiger partial charge is 0.143 e. The van der Waals surface area contributed by atoms with Crippen LogP contribution in [0.25, 0.3) is 0 Å². The number of ether oxygens (including phenoxy) is 1. The van der Waals surface area contributed by atoms with Crippen LogP contribution in [0, 0.1) is 12.3 Å². The van der Waals surface area contributed by atoms with E-state index >= 15 is 0 Å². The number of methoxy groups -OCH3 is 1. The van der Waals surface area contributed by atoms with E-state index in [0.717, 1.165) is 18.0 Å². The molecule has 15 heavy (non-hydrogen) atoms. The van der Waals surface area contributed by atoms with E-state index in [-0.39, 0.29) is 0 Å². The molecule has 2 rings (SSSR count). The highest BCUT2D eigenvalue weighted by Crippen LogP contribution is 2.36. The molecule has 1 aliphatic heterocycles. The van der Waals surface area contributed by atoms with Gasteiger partial charge in [-0.05, 0) is 29.6 Å². The summed E-state index contributed by atoms with van der Waals surface area (Å²) in [5.74, 6) is 3.38. The van der Waals surface area contributed by atoms with E-state index in [4.69, 9.17) is 11.2 Å². The van der Waals surface area contributed by atoms with Gasteiger partial charge in [0.1, 0.15) is 5.75 Å². The molecular formula is C11H12N2OS. The summed E-state index contributed by atoms with van der Waals surface area (Å²) in [7, 11) is 1.66. The first kappa shape index (κ1) is 10.2. The van der Waals surface area contributed by atoms with Crippen molar-refractivity contribution in [1.82, 2.24) is 4.72 Å². The molecule has 0 radical (unpaired) electrons. The van der Waals surface area contributed by atoms with Gasteiger partial charge in [0, 0.05) is 11.4 Å². The van der Waals surface area contributed by atoms with Crippen molar-refractivity contribution in [1.29, 1.82) is 0 Å². The van der Waals surface area contributed by atoms with Crippen LogP contribution in [0.4, 0.5) is 5.69 Å². The minimum Gasteiger partial charge on any atom is -0.495 e. The van der Waals surface area contributed by atoms with Crippen molar-refractivity contribution in [2.75, 3.05) is 19.0 Å². The van der Waals surface area contributed by atoms with Crippen molar-refractivity contribution in [2.45, 2.75) is 11.4 Å². The van der Waals surface area contributed by atoms with Crippen LogP contribution in [0.2, 0.25) is 0 Å². The predicted octanol–water partition coefficient (Wildman–Crippen LogP) is 1.85. The Morgan fingerprint density at radius 3 is 3.27 bits per heavy atom. The molecule has 0 unspecified atom stereocenters. The first-order chi connectivity index (χ1) is 7.35. The third-order valence-electron chi connectivity index (χ3n) is 2.21. The molecule has 0 saturated carbocycles. The average Bonchev–Trinajstić information content (AvgIpc) is 2.71. The summed E-state index contributed by atoms with van der Waals surface area (Å²) in [6.45, 7) is 1.39. The van der Waals surface area contributed by atoms with Crippen LogP contribution in [-0.4, -0.2) is 13.7 Å². The molecule has 1 aromatic rings. The second kappa shape index (κ2) is 4.47. The van der Waals surface area contributed by atoms with Gasteiger partial charge in [-0.15, -0.1) is 6.42 Å². The highest BCUT2D eigenvalue weighted by Gasteiger charge is 2.15. The fourth-order valence-electron chi connectivity index (χ4n) is 1.48. The quantitative estimate of drug-likeness (QED) is 0.601. The number of hydrogen-bond donors (Lipinski definition) is 2. The molecule has 0 aromatic heterocycles. The van der Waals surface area contributed by atoms with E-state index in [1.807, 2.05) is 6.07 Å². The molecule has 4 heteroatoms. The first-order valence-electron chi connectivity index (χ1n) is 4.63. The molecule has 0 fully saturated rings. The highest BCUT2D eigenvalue weighted by molar-refractivity contribution is 7.97. The SMILES string of the molecule is C#CCNc1cc2c(cc1OC)SNC2. The van der Waals surface area contributed by atoms with Crippen LogP contribution in [0.15, 0.2) is 17.0 Å². The normalized spacial score (nSPS) is 13.1. The fourth-order valence-corrected chi connectivity index (χ4v) is 2.30. The van der Waals surface area contributed by atoms with E-state index in [2.05, 4.69) is 22.0 Å². The zero-order valence-electron chi connectivity index (χ0n) is 8.46. The van der Waals surface area contributed by atoms with Gasteiger partial charge in [-0.3, -0.25) is 4.72 Å². The van der Waals surface area contributed by atoms with Gasteiger partial charge >= 0.3 is 0 Å². The fraction of sp³-hybridized carbons (Fsp3) is 0.273. The molecule has 0 atom stereocenters. The Bertz CT molecular complexity index is 412. The number of rotatable bonds is 3. The number of terminal acetylenes is 1. The summed E-state index contributed by atoms with van der Waals surface area (Å²) < 4.78 is 8.51. The largest absolute Gasteiger partial charge is 0.495 e. The summed E-state index contributed by atoms with van der Waals surface area (Å²) in [5, 5.41) is 3.15. The van der Waals surface area contributed by atoms with Crippen molar-refractivity contribution < 1.29 is 4.74 Å². The molecule has 78 valence electrons. The van der Waals surface area contributed by atoms with E-state index in [9.17, 15) is 0 Å². The Kier molecular flexibility index (Phi) is 3.05. The Balaban J connectivity index is 2.32. The van der Waals surface area contributed by atoms with Gasteiger partial charge in [0.25, 0.3) is 0 Å². The molecule has 1 aliphatic rings. The first-order valence-corrected chi connectivity index (χ1v) is 5.44. The van der Waals surface area contributed by atoms with Crippen LogP contribution in [0.5, 0.6) is 5.75 Å². The van der Waals surface area contributed by atoms with Crippen LogP contribution in [0.1, 0.15) is 5.56 Å². The van der Waals surface area contributed by atoms with Gasteiger partial charge in [0.05, 0.1) is 19.3 Å².